The highest BCUT2D eigenvalue weighted by molar-refractivity contribution is 5.90. The van der Waals surface area contributed by atoms with Crippen LogP contribution < -0.4 is 5.69 Å². The van der Waals surface area contributed by atoms with Gasteiger partial charge in [-0.15, -0.1) is 0 Å². The number of aromatic carboxylic acids is 1. The fourth-order valence-electron chi connectivity index (χ4n) is 5.51. The van der Waals surface area contributed by atoms with Crippen LogP contribution in [0.2, 0.25) is 0 Å². The van der Waals surface area contributed by atoms with Crippen LogP contribution in [0.15, 0.2) is 77.9 Å². The fourth-order valence-corrected chi connectivity index (χ4v) is 5.51. The Bertz CT molecular complexity index is 1860. The molecule has 4 heterocycles. The monoisotopic (exact) mass is 570 g/mol. The smallest absolute Gasteiger partial charge is 0.354 e. The number of hydrogen-bond donors (Lipinski definition) is 1. The van der Waals surface area contributed by atoms with E-state index in [-0.39, 0.29) is 25.3 Å². The Balaban J connectivity index is 1.30. The molecule has 0 bridgehead atoms. The minimum Gasteiger partial charge on any atom is -0.477 e. The zero-order valence-electron chi connectivity index (χ0n) is 22.8. The largest absolute Gasteiger partial charge is 0.477 e. The van der Waals surface area contributed by atoms with Crippen LogP contribution in [0.1, 0.15) is 32.7 Å². The molecule has 214 valence electrons. The number of carbonyl (C=O) groups is 2. The van der Waals surface area contributed by atoms with Gasteiger partial charge < -0.3 is 14.4 Å². The molecule has 1 fully saturated rings. The molecule has 1 aliphatic heterocycles. The molecule has 0 unspecified atom stereocenters. The summed E-state index contributed by atoms with van der Waals surface area (Å²) in [5, 5.41) is 9.31. The molecule has 0 spiro atoms. The van der Waals surface area contributed by atoms with Crippen LogP contribution in [0, 0.1) is 0 Å². The molecule has 2 aromatic carbocycles. The van der Waals surface area contributed by atoms with E-state index in [2.05, 4.69) is 9.97 Å². The van der Waals surface area contributed by atoms with Gasteiger partial charge in [-0.2, -0.15) is 0 Å². The number of alkyl halides is 1. The van der Waals surface area contributed by atoms with Gasteiger partial charge in [0.1, 0.15) is 17.7 Å². The van der Waals surface area contributed by atoms with Crippen LogP contribution in [0.25, 0.3) is 28.0 Å². The maximum Gasteiger partial charge on any atom is 0.354 e. The van der Waals surface area contributed by atoms with E-state index in [1.165, 1.54) is 27.0 Å². The van der Waals surface area contributed by atoms with E-state index in [4.69, 9.17) is 4.74 Å². The molecule has 0 saturated carbocycles. The zero-order chi connectivity index (χ0) is 29.5. The SMILES string of the molecule is COC(=O)c1ccc(-c2ccc(-n3c(=O)n([C@@H]4CN(Cc5ncc(C(=O)O)n5C)C[C@H]4F)c4ncccc43)cc2)cc1. The van der Waals surface area contributed by atoms with Crippen LogP contribution in [0.3, 0.4) is 0 Å². The van der Waals surface area contributed by atoms with Crippen molar-refractivity contribution in [3.05, 3.63) is 101 Å². The molecule has 12 heteroatoms. The minimum atomic E-state index is -1.35. The van der Waals surface area contributed by atoms with Gasteiger partial charge in [-0.1, -0.05) is 24.3 Å². The summed E-state index contributed by atoms with van der Waals surface area (Å²) in [7, 11) is 2.94. The van der Waals surface area contributed by atoms with Crippen LogP contribution in [0.5, 0.6) is 0 Å². The number of pyridine rings is 1. The lowest BCUT2D eigenvalue weighted by Gasteiger charge is -2.16. The summed E-state index contributed by atoms with van der Waals surface area (Å²) in [6.07, 6.45) is 1.51. The van der Waals surface area contributed by atoms with E-state index in [0.29, 0.717) is 28.2 Å². The first-order valence-electron chi connectivity index (χ1n) is 13.2. The third-order valence-corrected chi connectivity index (χ3v) is 7.69. The standard InChI is InChI=1S/C30H27FN6O5/c1-34-24(28(38)39)14-33-26(34)17-35-15-22(31)25(16-35)37-27-23(4-3-13-32-27)36(30(37)41)21-11-9-19(10-12-21)18-5-7-20(8-6-18)29(40)42-2/h3-14,22,25H,15-17H2,1-2H3,(H,38,39)/t22-,25-/m1/s1. The molecular formula is C30H27FN6O5. The molecule has 0 aliphatic carbocycles. The molecule has 5 aromatic rings. The van der Waals surface area contributed by atoms with Gasteiger partial charge in [0.25, 0.3) is 0 Å². The number of esters is 1. The number of carbonyl (C=O) groups excluding carboxylic acids is 1. The summed E-state index contributed by atoms with van der Waals surface area (Å²) in [5.41, 5.74) is 3.41. The summed E-state index contributed by atoms with van der Waals surface area (Å²) in [4.78, 5) is 47.5. The normalized spacial score (nSPS) is 17.1. The maximum absolute atomic E-state index is 15.5. The molecule has 6 rings (SSSR count). The Morgan fingerprint density at radius 3 is 2.36 bits per heavy atom. The number of imidazole rings is 2. The van der Waals surface area contributed by atoms with Gasteiger partial charge in [0.15, 0.2) is 5.65 Å². The lowest BCUT2D eigenvalue weighted by atomic mass is 10.0. The maximum atomic E-state index is 15.5. The number of methoxy groups -OCH3 is 1. The second-order valence-corrected chi connectivity index (χ2v) is 10.2. The highest BCUT2D eigenvalue weighted by atomic mass is 19.1. The van der Waals surface area contributed by atoms with Crippen molar-refractivity contribution < 1.29 is 23.8 Å². The molecular weight excluding hydrogens is 543 g/mol. The number of fused-ring (bicyclic) bond motifs is 1. The van der Waals surface area contributed by atoms with Crippen molar-refractivity contribution >= 4 is 23.1 Å². The third-order valence-electron chi connectivity index (χ3n) is 7.69. The highest BCUT2D eigenvalue weighted by Crippen LogP contribution is 2.29. The van der Waals surface area contributed by atoms with Crippen molar-refractivity contribution in [2.75, 3.05) is 20.2 Å². The second-order valence-electron chi connectivity index (χ2n) is 10.2. The average Bonchev–Trinajstić information content (AvgIpc) is 3.64. The van der Waals surface area contributed by atoms with Gasteiger partial charge in [0.05, 0.1) is 42.7 Å². The number of nitrogens with zero attached hydrogens (tertiary/aromatic N) is 6. The van der Waals surface area contributed by atoms with Crippen LogP contribution in [0.4, 0.5) is 4.39 Å². The summed E-state index contributed by atoms with van der Waals surface area (Å²) in [5.74, 6) is -1.01. The summed E-state index contributed by atoms with van der Waals surface area (Å²) >= 11 is 0. The highest BCUT2D eigenvalue weighted by Gasteiger charge is 2.37. The lowest BCUT2D eigenvalue weighted by molar-refractivity contribution is 0.0599. The summed E-state index contributed by atoms with van der Waals surface area (Å²) in [6, 6.07) is 17.1. The van der Waals surface area contributed by atoms with Crippen molar-refractivity contribution in [3.8, 4) is 16.8 Å². The van der Waals surface area contributed by atoms with Gasteiger partial charge in [-0.3, -0.25) is 14.0 Å². The summed E-state index contributed by atoms with van der Waals surface area (Å²) < 4.78 is 24.7. The third kappa shape index (κ3) is 4.65. The van der Waals surface area contributed by atoms with Crippen molar-refractivity contribution in [1.29, 1.82) is 0 Å². The van der Waals surface area contributed by atoms with Crippen LogP contribution >= 0.6 is 0 Å². The van der Waals surface area contributed by atoms with Crippen LogP contribution in [-0.4, -0.2) is 72.0 Å². The molecule has 1 aliphatic rings. The number of benzene rings is 2. The van der Waals surface area contributed by atoms with E-state index in [1.54, 1.807) is 37.5 Å². The van der Waals surface area contributed by atoms with E-state index in [9.17, 15) is 19.5 Å². The summed E-state index contributed by atoms with van der Waals surface area (Å²) in [6.45, 7) is 0.533. The van der Waals surface area contributed by atoms with Crippen molar-refractivity contribution in [2.24, 2.45) is 7.05 Å². The predicted molar refractivity (Wildman–Crippen MR) is 151 cm³/mol. The topological polar surface area (TPSA) is 124 Å². The van der Waals surface area contributed by atoms with E-state index >= 15 is 4.39 Å². The van der Waals surface area contributed by atoms with Crippen molar-refractivity contribution in [3.63, 3.8) is 0 Å². The molecule has 0 amide bonds. The molecule has 0 radical (unpaired) electrons. The molecule has 1 N–H and O–H groups in total. The first-order valence-corrected chi connectivity index (χ1v) is 13.2. The number of ether oxygens (including phenoxy) is 1. The Morgan fingerprint density at radius 1 is 1.02 bits per heavy atom. The fraction of sp³-hybridized carbons (Fsp3) is 0.233. The Morgan fingerprint density at radius 2 is 1.71 bits per heavy atom. The number of halogens is 1. The molecule has 3 aromatic heterocycles. The Kier molecular flexibility index (Phi) is 6.91. The van der Waals surface area contributed by atoms with Gasteiger partial charge in [0.2, 0.25) is 0 Å². The van der Waals surface area contributed by atoms with Gasteiger partial charge in [-0.25, -0.2) is 28.7 Å². The van der Waals surface area contributed by atoms with Crippen LogP contribution in [-0.2, 0) is 18.3 Å². The first kappa shape index (κ1) is 27.1. The Labute approximate surface area is 239 Å². The number of rotatable bonds is 7. The average molecular weight is 571 g/mol. The number of likely N-dealkylation sites (tertiary alicyclic amines) is 1. The van der Waals surface area contributed by atoms with E-state index < -0.39 is 29.8 Å². The number of aromatic nitrogens is 5. The van der Waals surface area contributed by atoms with E-state index in [1.807, 2.05) is 41.3 Å². The quantitative estimate of drug-likeness (QED) is 0.295. The first-order chi connectivity index (χ1) is 20.3. The van der Waals surface area contributed by atoms with Gasteiger partial charge in [0, 0.05) is 26.3 Å². The second kappa shape index (κ2) is 10.7. The number of carboxylic acids is 1. The molecule has 11 nitrogen and oxygen atoms in total. The Hall–Kier alpha value is -5.10. The lowest BCUT2D eigenvalue weighted by Crippen LogP contribution is -2.31. The zero-order valence-corrected chi connectivity index (χ0v) is 22.8. The molecule has 42 heavy (non-hydrogen) atoms. The minimum absolute atomic E-state index is 0.0465. The van der Waals surface area contributed by atoms with Crippen molar-refractivity contribution in [1.82, 2.24) is 28.6 Å². The predicted octanol–water partition coefficient (Wildman–Crippen LogP) is 3.47. The van der Waals surface area contributed by atoms with Gasteiger partial charge in [-0.05, 0) is 47.5 Å². The van der Waals surface area contributed by atoms with Crippen molar-refractivity contribution in [2.45, 2.75) is 18.8 Å². The number of hydrogen-bond acceptors (Lipinski definition) is 7. The molecule has 1 saturated heterocycles. The van der Waals surface area contributed by atoms with E-state index in [0.717, 1.165) is 11.1 Å². The number of carboxylic acid groups (broad SMARTS) is 1. The van der Waals surface area contributed by atoms with Gasteiger partial charge >= 0.3 is 17.6 Å². The molecule has 2 atom stereocenters.